The predicted molar refractivity (Wildman–Crippen MR) is 61.1 cm³/mol. The Kier molecular flexibility index (Phi) is 7.27. The third-order valence-corrected chi connectivity index (χ3v) is 2.06. The van der Waals surface area contributed by atoms with E-state index in [-0.39, 0.29) is 0 Å². The first-order valence-corrected chi connectivity index (χ1v) is 5.10. The van der Waals surface area contributed by atoms with Gasteiger partial charge in [0.25, 0.3) is 0 Å². The average molecular weight is 179 g/mol. The van der Waals surface area contributed by atoms with Crippen LogP contribution in [0.4, 0.5) is 0 Å². The van der Waals surface area contributed by atoms with Crippen LogP contribution in [0.15, 0.2) is 29.9 Å². The molecule has 1 atom stereocenters. The van der Waals surface area contributed by atoms with Gasteiger partial charge in [0, 0.05) is 17.8 Å². The second kappa shape index (κ2) is 7.78. The van der Waals surface area contributed by atoms with Gasteiger partial charge in [0.2, 0.25) is 0 Å². The van der Waals surface area contributed by atoms with Crippen LogP contribution in [0.3, 0.4) is 0 Å². The molecule has 13 heavy (non-hydrogen) atoms. The largest absolute Gasteiger partial charge is 0.265 e. The second-order valence-electron chi connectivity index (χ2n) is 3.09. The maximum absolute atomic E-state index is 4.42. The molecule has 0 saturated heterocycles. The van der Waals surface area contributed by atoms with Gasteiger partial charge in [-0.15, -0.1) is 6.58 Å². The smallest absolute Gasteiger partial charge is 0.0244 e. The molecule has 0 radical (unpaired) electrons. The molecule has 0 aromatic heterocycles. The number of hydrogen-bond donors (Lipinski definition) is 0. The Morgan fingerprint density at radius 1 is 1.46 bits per heavy atom. The van der Waals surface area contributed by atoms with Crippen molar-refractivity contribution < 1.29 is 0 Å². The summed E-state index contributed by atoms with van der Waals surface area (Å²) in [7, 11) is 0. The van der Waals surface area contributed by atoms with E-state index in [2.05, 4.69) is 25.4 Å². The zero-order valence-corrected chi connectivity index (χ0v) is 9.09. The van der Waals surface area contributed by atoms with E-state index < -0.39 is 0 Å². The van der Waals surface area contributed by atoms with Crippen LogP contribution in [-0.2, 0) is 0 Å². The van der Waals surface area contributed by atoms with E-state index >= 15 is 0 Å². The van der Waals surface area contributed by atoms with Gasteiger partial charge in [0.15, 0.2) is 0 Å². The topological polar surface area (TPSA) is 12.4 Å². The molecule has 0 rings (SSSR count). The van der Waals surface area contributed by atoms with Crippen molar-refractivity contribution >= 4 is 5.71 Å². The quantitative estimate of drug-likeness (QED) is 0.432. The lowest BCUT2D eigenvalue weighted by atomic mass is 9.96. The van der Waals surface area contributed by atoms with Crippen LogP contribution >= 0.6 is 0 Å². The number of allylic oxidation sites excluding steroid dienone is 2. The summed E-state index contributed by atoms with van der Waals surface area (Å²) in [5.74, 6) is 0.464. The van der Waals surface area contributed by atoms with Crippen molar-refractivity contribution in [1.29, 1.82) is 0 Å². The number of nitrogens with zero attached hydrogens (tertiary/aromatic N) is 1. The van der Waals surface area contributed by atoms with E-state index in [4.69, 9.17) is 0 Å². The monoisotopic (exact) mass is 179 g/mol. The van der Waals surface area contributed by atoms with E-state index in [0.29, 0.717) is 5.92 Å². The molecule has 74 valence electrons. The van der Waals surface area contributed by atoms with Crippen LogP contribution in [0.25, 0.3) is 0 Å². The molecular weight excluding hydrogens is 158 g/mol. The maximum atomic E-state index is 4.42. The van der Waals surface area contributed by atoms with E-state index in [9.17, 15) is 0 Å². The predicted octanol–water partition coefficient (Wildman–Crippen LogP) is 3.97. The Labute approximate surface area is 82.3 Å². The van der Waals surface area contributed by atoms with Crippen molar-refractivity contribution in [3.05, 3.63) is 24.9 Å². The minimum absolute atomic E-state index is 0.464. The van der Waals surface area contributed by atoms with E-state index in [1.54, 1.807) is 0 Å². The third kappa shape index (κ3) is 4.66. The van der Waals surface area contributed by atoms with E-state index in [0.717, 1.165) is 12.8 Å². The summed E-state index contributed by atoms with van der Waals surface area (Å²) in [4.78, 5) is 4.42. The maximum Gasteiger partial charge on any atom is 0.0244 e. The van der Waals surface area contributed by atoms with Crippen molar-refractivity contribution in [1.82, 2.24) is 0 Å². The van der Waals surface area contributed by atoms with Gasteiger partial charge in [-0.05, 0) is 19.8 Å². The van der Waals surface area contributed by atoms with Gasteiger partial charge in [-0.1, -0.05) is 32.4 Å². The lowest BCUT2D eigenvalue weighted by molar-refractivity contribution is 0.712. The highest BCUT2D eigenvalue weighted by Crippen LogP contribution is 2.12. The Bertz CT molecular complexity index is 189. The Morgan fingerprint density at radius 3 is 2.54 bits per heavy atom. The highest BCUT2D eigenvalue weighted by molar-refractivity contribution is 5.88. The number of aliphatic imine (C=N–C) groups is 1. The SMILES string of the molecule is C=C[C@@H](CCC)/C(CC)=N\C=C/C. The first-order valence-electron chi connectivity index (χ1n) is 5.10. The molecule has 0 fully saturated rings. The standard InChI is InChI=1S/C12H21N/c1-5-9-11(7-3)12(8-4)13-10-6-2/h6-7,10-11H,3,5,8-9H2,1-2,4H3/b10-6-,13-12-/t11-/m0/s1. The minimum atomic E-state index is 0.464. The summed E-state index contributed by atoms with van der Waals surface area (Å²) in [6.07, 6.45) is 9.20. The van der Waals surface area contributed by atoms with Crippen molar-refractivity contribution in [2.45, 2.75) is 40.0 Å². The molecule has 1 nitrogen and oxygen atoms in total. The van der Waals surface area contributed by atoms with Gasteiger partial charge < -0.3 is 0 Å². The van der Waals surface area contributed by atoms with Crippen molar-refractivity contribution in [2.75, 3.05) is 0 Å². The zero-order valence-electron chi connectivity index (χ0n) is 9.09. The molecule has 0 aliphatic rings. The summed E-state index contributed by atoms with van der Waals surface area (Å²) < 4.78 is 0. The molecule has 0 aliphatic heterocycles. The van der Waals surface area contributed by atoms with Gasteiger partial charge in [-0.3, -0.25) is 4.99 Å². The average Bonchev–Trinajstić information content (AvgIpc) is 2.17. The highest BCUT2D eigenvalue weighted by atomic mass is 14.7. The fourth-order valence-electron chi connectivity index (χ4n) is 1.35. The van der Waals surface area contributed by atoms with Crippen LogP contribution < -0.4 is 0 Å². The number of rotatable bonds is 6. The molecule has 0 bridgehead atoms. The molecule has 0 saturated carbocycles. The van der Waals surface area contributed by atoms with Crippen LogP contribution in [0.1, 0.15) is 40.0 Å². The van der Waals surface area contributed by atoms with Gasteiger partial charge in [0.1, 0.15) is 0 Å². The first-order chi connectivity index (χ1) is 6.29. The van der Waals surface area contributed by atoms with Crippen molar-refractivity contribution in [3.8, 4) is 0 Å². The van der Waals surface area contributed by atoms with Gasteiger partial charge in [-0.2, -0.15) is 0 Å². The molecular formula is C12H21N. The molecule has 0 heterocycles. The highest BCUT2D eigenvalue weighted by Gasteiger charge is 2.08. The van der Waals surface area contributed by atoms with Gasteiger partial charge in [0.05, 0.1) is 0 Å². The van der Waals surface area contributed by atoms with Crippen molar-refractivity contribution in [3.63, 3.8) is 0 Å². The Balaban J connectivity index is 4.41. The van der Waals surface area contributed by atoms with E-state index in [1.807, 2.05) is 25.3 Å². The molecule has 0 N–H and O–H groups in total. The minimum Gasteiger partial charge on any atom is -0.265 e. The zero-order chi connectivity index (χ0) is 10.1. The Morgan fingerprint density at radius 2 is 2.15 bits per heavy atom. The number of hydrogen-bond acceptors (Lipinski definition) is 1. The van der Waals surface area contributed by atoms with Crippen molar-refractivity contribution in [2.24, 2.45) is 10.9 Å². The van der Waals surface area contributed by atoms with E-state index in [1.165, 1.54) is 12.1 Å². The third-order valence-electron chi connectivity index (χ3n) is 2.06. The fourth-order valence-corrected chi connectivity index (χ4v) is 1.35. The fraction of sp³-hybridized carbons (Fsp3) is 0.583. The van der Waals surface area contributed by atoms with Crippen LogP contribution in [0.2, 0.25) is 0 Å². The molecule has 0 aliphatic carbocycles. The lowest BCUT2D eigenvalue weighted by Crippen LogP contribution is -2.10. The summed E-state index contributed by atoms with van der Waals surface area (Å²) in [6.45, 7) is 10.2. The molecule has 0 aromatic rings. The summed E-state index contributed by atoms with van der Waals surface area (Å²) in [6, 6.07) is 0. The molecule has 0 aromatic carbocycles. The lowest BCUT2D eigenvalue weighted by Gasteiger charge is -2.12. The molecule has 0 amide bonds. The molecule has 0 spiro atoms. The summed E-state index contributed by atoms with van der Waals surface area (Å²) in [5, 5.41) is 0. The van der Waals surface area contributed by atoms with Crippen LogP contribution in [-0.4, -0.2) is 5.71 Å². The normalized spacial score (nSPS) is 14.8. The molecule has 1 heteroatoms. The summed E-state index contributed by atoms with van der Waals surface area (Å²) in [5.41, 5.74) is 1.25. The summed E-state index contributed by atoms with van der Waals surface area (Å²) >= 11 is 0. The van der Waals surface area contributed by atoms with Gasteiger partial charge in [-0.25, -0.2) is 0 Å². The first kappa shape index (κ1) is 12.2. The van der Waals surface area contributed by atoms with Crippen LogP contribution in [0, 0.1) is 5.92 Å². The van der Waals surface area contributed by atoms with Crippen LogP contribution in [0.5, 0.6) is 0 Å². The molecule has 0 unspecified atom stereocenters. The van der Waals surface area contributed by atoms with Gasteiger partial charge >= 0.3 is 0 Å². The second-order valence-corrected chi connectivity index (χ2v) is 3.09. The Hall–Kier alpha value is -0.850.